The van der Waals surface area contributed by atoms with Crippen molar-refractivity contribution in [2.75, 3.05) is 17.3 Å². The highest BCUT2D eigenvalue weighted by molar-refractivity contribution is 7.98. The van der Waals surface area contributed by atoms with Gasteiger partial charge in [-0.1, -0.05) is 18.6 Å². The number of rotatable bonds is 7. The van der Waals surface area contributed by atoms with Crippen molar-refractivity contribution in [1.29, 1.82) is 0 Å². The summed E-state index contributed by atoms with van der Waals surface area (Å²) in [5.41, 5.74) is -0.655. The van der Waals surface area contributed by atoms with Gasteiger partial charge in [-0.25, -0.2) is 9.36 Å². The van der Waals surface area contributed by atoms with Crippen LogP contribution in [0.4, 0.5) is 5.95 Å². The summed E-state index contributed by atoms with van der Waals surface area (Å²) in [6.07, 6.45) is 5.51. The molecular weight excluding hydrogens is 392 g/mol. The first kappa shape index (κ1) is 19.4. The van der Waals surface area contributed by atoms with Gasteiger partial charge in [-0.05, 0) is 43.4 Å². The molecule has 1 aromatic carbocycles. The van der Waals surface area contributed by atoms with Crippen LogP contribution in [-0.2, 0) is 4.79 Å². The molecule has 1 aliphatic carbocycles. The number of hydrogen-bond acceptors (Lipinski definition) is 6. The summed E-state index contributed by atoms with van der Waals surface area (Å²) in [5.74, 6) is 1.40. The number of carbonyl (C=O) groups is 1. The molecule has 1 saturated carbocycles. The maximum Gasteiger partial charge on any atom is 0.329 e. The number of fused-ring (bicyclic) bond motifs is 1. The van der Waals surface area contributed by atoms with Crippen molar-refractivity contribution in [3.63, 3.8) is 0 Å². The lowest BCUT2D eigenvalue weighted by atomic mass is 9.85. The van der Waals surface area contributed by atoms with Crippen molar-refractivity contribution in [3.05, 3.63) is 50.9 Å². The topological polar surface area (TPSA) is 126 Å². The molecule has 10 heteroatoms. The van der Waals surface area contributed by atoms with Crippen LogP contribution in [0.2, 0.25) is 0 Å². The molecule has 2 aromatic heterocycles. The van der Waals surface area contributed by atoms with E-state index in [2.05, 4.69) is 25.5 Å². The molecule has 1 amide bonds. The number of thioether (sulfide) groups is 1. The van der Waals surface area contributed by atoms with Crippen LogP contribution in [0.25, 0.3) is 10.9 Å². The first-order chi connectivity index (χ1) is 14.1. The fourth-order valence-corrected chi connectivity index (χ4v) is 3.91. The van der Waals surface area contributed by atoms with E-state index in [1.165, 1.54) is 11.8 Å². The van der Waals surface area contributed by atoms with E-state index in [-0.39, 0.29) is 5.95 Å². The maximum absolute atomic E-state index is 13.0. The number of aromatic amines is 2. The average molecular weight is 414 g/mol. The number of nitrogens with zero attached hydrogens (tertiary/aromatic N) is 3. The molecule has 1 atom stereocenters. The van der Waals surface area contributed by atoms with E-state index in [0.29, 0.717) is 29.0 Å². The Bertz CT molecular complexity index is 1150. The number of nitrogens with one attached hydrogen (secondary N) is 3. The summed E-state index contributed by atoms with van der Waals surface area (Å²) < 4.78 is 0.993. The molecule has 2 heterocycles. The van der Waals surface area contributed by atoms with Crippen molar-refractivity contribution >= 4 is 34.5 Å². The molecular formula is C19H22N6O3S. The van der Waals surface area contributed by atoms with Crippen molar-refractivity contribution in [2.45, 2.75) is 37.6 Å². The second-order valence-electron chi connectivity index (χ2n) is 7.11. The van der Waals surface area contributed by atoms with Gasteiger partial charge in [0.15, 0.2) is 0 Å². The fraction of sp³-hybridized carbons (Fsp3) is 0.421. The predicted molar refractivity (Wildman–Crippen MR) is 112 cm³/mol. The van der Waals surface area contributed by atoms with Gasteiger partial charge < -0.3 is 4.98 Å². The van der Waals surface area contributed by atoms with Gasteiger partial charge in [0.05, 0.1) is 10.9 Å². The Morgan fingerprint density at radius 2 is 2.14 bits per heavy atom. The third kappa shape index (κ3) is 3.84. The van der Waals surface area contributed by atoms with E-state index in [4.69, 9.17) is 0 Å². The van der Waals surface area contributed by atoms with Crippen molar-refractivity contribution < 1.29 is 4.79 Å². The van der Waals surface area contributed by atoms with Crippen LogP contribution in [-0.4, -0.2) is 42.6 Å². The summed E-state index contributed by atoms with van der Waals surface area (Å²) in [7, 11) is 0. The molecule has 0 saturated heterocycles. The standard InChI is InChI=1S/C19H22N6O3S/c1-29-10-9-14(16(26)22-18-21-15(23-24-18)11-5-4-6-11)25-17(27)12-7-2-3-8-13(12)20-19(25)28/h2-3,7-8,11,14H,4-6,9-10H2,1H3,(H,20,28)(H2,21,22,23,24,26). The van der Waals surface area contributed by atoms with E-state index in [1.807, 2.05) is 6.26 Å². The zero-order valence-electron chi connectivity index (χ0n) is 16.0. The first-order valence-corrected chi connectivity index (χ1v) is 10.9. The SMILES string of the molecule is CSCCC(C(=O)Nc1n[nH]c(C2CCC2)n1)n1c(=O)[nH]c2ccccc2c1=O. The molecule has 9 nitrogen and oxygen atoms in total. The molecule has 152 valence electrons. The highest BCUT2D eigenvalue weighted by Crippen LogP contribution is 2.34. The predicted octanol–water partition coefficient (Wildman–Crippen LogP) is 2.01. The number of carbonyl (C=O) groups excluding carboxylic acids is 1. The maximum atomic E-state index is 13.0. The average Bonchev–Trinajstić information content (AvgIpc) is 3.10. The summed E-state index contributed by atoms with van der Waals surface area (Å²) in [4.78, 5) is 45.6. The number of anilines is 1. The van der Waals surface area contributed by atoms with Gasteiger partial charge in [0.2, 0.25) is 11.9 Å². The van der Waals surface area contributed by atoms with Crippen molar-refractivity contribution in [1.82, 2.24) is 24.7 Å². The van der Waals surface area contributed by atoms with Crippen molar-refractivity contribution in [3.8, 4) is 0 Å². The van der Waals surface area contributed by atoms with Crippen LogP contribution in [0.15, 0.2) is 33.9 Å². The number of H-pyrrole nitrogens is 2. The largest absolute Gasteiger partial charge is 0.329 e. The first-order valence-electron chi connectivity index (χ1n) is 9.54. The molecule has 0 spiro atoms. The minimum atomic E-state index is -0.964. The molecule has 1 fully saturated rings. The van der Waals surface area contributed by atoms with E-state index < -0.39 is 23.2 Å². The molecule has 1 unspecified atom stereocenters. The number of benzene rings is 1. The quantitative estimate of drug-likeness (QED) is 0.543. The number of hydrogen-bond donors (Lipinski definition) is 3. The van der Waals surface area contributed by atoms with Gasteiger partial charge in [0.25, 0.3) is 5.56 Å². The molecule has 3 aromatic rings. The Kier molecular flexibility index (Phi) is 5.52. The van der Waals surface area contributed by atoms with Crippen LogP contribution in [0, 0.1) is 0 Å². The van der Waals surface area contributed by atoms with Crippen LogP contribution in [0.5, 0.6) is 0 Å². The zero-order chi connectivity index (χ0) is 20.4. The molecule has 3 N–H and O–H groups in total. The van der Waals surface area contributed by atoms with Gasteiger partial charge in [-0.3, -0.25) is 20.0 Å². The lowest BCUT2D eigenvalue weighted by molar-refractivity contribution is -0.119. The Labute approximate surface area is 170 Å². The Balaban J connectivity index is 1.66. The third-order valence-electron chi connectivity index (χ3n) is 5.28. The van der Waals surface area contributed by atoms with E-state index in [1.54, 1.807) is 24.3 Å². The van der Waals surface area contributed by atoms with E-state index in [9.17, 15) is 14.4 Å². The van der Waals surface area contributed by atoms with Crippen LogP contribution >= 0.6 is 11.8 Å². The fourth-order valence-electron chi connectivity index (χ4n) is 3.45. The third-order valence-corrected chi connectivity index (χ3v) is 5.92. The second-order valence-corrected chi connectivity index (χ2v) is 8.10. The van der Waals surface area contributed by atoms with Crippen LogP contribution in [0.1, 0.15) is 43.5 Å². The second kappa shape index (κ2) is 8.24. The number of para-hydroxylation sites is 1. The van der Waals surface area contributed by atoms with Gasteiger partial charge in [0.1, 0.15) is 11.9 Å². The van der Waals surface area contributed by atoms with Gasteiger partial charge in [-0.15, -0.1) is 5.10 Å². The molecule has 29 heavy (non-hydrogen) atoms. The number of amides is 1. The van der Waals surface area contributed by atoms with Gasteiger partial charge >= 0.3 is 5.69 Å². The Morgan fingerprint density at radius 3 is 2.86 bits per heavy atom. The van der Waals surface area contributed by atoms with E-state index >= 15 is 0 Å². The van der Waals surface area contributed by atoms with Crippen LogP contribution < -0.4 is 16.6 Å². The van der Waals surface area contributed by atoms with Crippen LogP contribution in [0.3, 0.4) is 0 Å². The van der Waals surface area contributed by atoms with E-state index in [0.717, 1.165) is 29.7 Å². The number of aromatic nitrogens is 5. The molecule has 4 rings (SSSR count). The lowest BCUT2D eigenvalue weighted by Crippen LogP contribution is -2.43. The summed E-state index contributed by atoms with van der Waals surface area (Å²) in [6.45, 7) is 0. The zero-order valence-corrected chi connectivity index (χ0v) is 16.8. The molecule has 0 radical (unpaired) electrons. The summed E-state index contributed by atoms with van der Waals surface area (Å²) >= 11 is 1.54. The Morgan fingerprint density at radius 1 is 1.34 bits per heavy atom. The van der Waals surface area contributed by atoms with Gasteiger partial charge in [-0.2, -0.15) is 16.7 Å². The summed E-state index contributed by atoms with van der Waals surface area (Å²) in [5, 5.41) is 9.95. The van der Waals surface area contributed by atoms with Crippen molar-refractivity contribution in [2.24, 2.45) is 0 Å². The minimum absolute atomic E-state index is 0.163. The highest BCUT2D eigenvalue weighted by atomic mass is 32.2. The highest BCUT2D eigenvalue weighted by Gasteiger charge is 2.27. The van der Waals surface area contributed by atoms with Gasteiger partial charge in [0, 0.05) is 5.92 Å². The monoisotopic (exact) mass is 414 g/mol. The lowest BCUT2D eigenvalue weighted by Gasteiger charge is -2.22. The minimum Gasteiger partial charge on any atom is -0.307 e. The summed E-state index contributed by atoms with van der Waals surface area (Å²) in [6, 6.07) is 5.79. The molecule has 0 aliphatic heterocycles. The normalized spacial score (nSPS) is 15.2. The molecule has 1 aliphatic rings. The molecule has 0 bridgehead atoms. The Hall–Kier alpha value is -2.88. The smallest absolute Gasteiger partial charge is 0.307 e.